The maximum atomic E-state index is 12.6. The second-order valence-corrected chi connectivity index (χ2v) is 9.79. The van der Waals surface area contributed by atoms with Crippen molar-refractivity contribution in [2.75, 3.05) is 45.7 Å². The molecule has 214 valence electrons. The molecular formula is C31H46N4O4. The molecule has 0 atom stereocenters. The number of piperazine rings is 1. The van der Waals surface area contributed by atoms with Gasteiger partial charge in [-0.05, 0) is 55.2 Å². The van der Waals surface area contributed by atoms with Gasteiger partial charge in [-0.1, -0.05) is 51.3 Å². The molecule has 8 heteroatoms. The summed E-state index contributed by atoms with van der Waals surface area (Å²) in [7, 11) is 3.35. The molecule has 2 aromatic carbocycles. The van der Waals surface area contributed by atoms with Crippen LogP contribution in [0.3, 0.4) is 0 Å². The molecule has 0 aromatic heterocycles. The van der Waals surface area contributed by atoms with Crippen LogP contribution in [0.15, 0.2) is 42.5 Å². The molecule has 1 aliphatic carbocycles. The number of methoxy groups -OCH3 is 1. The molecule has 1 heterocycles. The van der Waals surface area contributed by atoms with E-state index in [0.717, 1.165) is 55.5 Å². The number of nitrogens with one attached hydrogen (secondary N) is 1. The monoisotopic (exact) mass is 538 g/mol. The van der Waals surface area contributed by atoms with Crippen molar-refractivity contribution in [3.63, 3.8) is 0 Å². The Morgan fingerprint density at radius 2 is 1.64 bits per heavy atom. The predicted octanol–water partition coefficient (Wildman–Crippen LogP) is 4.96. The summed E-state index contributed by atoms with van der Waals surface area (Å²) in [5.41, 5.74) is 2.97. The lowest BCUT2D eigenvalue weighted by Crippen LogP contribution is -2.50. The summed E-state index contributed by atoms with van der Waals surface area (Å²) in [5, 5.41) is 2.59. The minimum absolute atomic E-state index is 0.148. The summed E-state index contributed by atoms with van der Waals surface area (Å²) in [6.45, 7) is 10.4. The lowest BCUT2D eigenvalue weighted by atomic mass is 9.94. The number of carbonyl (C=O) groups excluding carboxylic acids is 3. The fraction of sp³-hybridized carbons (Fsp3) is 0.516. The van der Waals surface area contributed by atoms with E-state index in [-0.39, 0.29) is 5.91 Å². The fourth-order valence-electron chi connectivity index (χ4n) is 4.96. The highest BCUT2D eigenvalue weighted by atomic mass is 16.5. The van der Waals surface area contributed by atoms with Gasteiger partial charge in [0.05, 0.1) is 18.4 Å². The van der Waals surface area contributed by atoms with Gasteiger partial charge in [0.2, 0.25) is 12.8 Å². The van der Waals surface area contributed by atoms with Crippen LogP contribution in [0.4, 0.5) is 5.69 Å². The number of amides is 3. The quantitative estimate of drug-likeness (QED) is 0.480. The van der Waals surface area contributed by atoms with Gasteiger partial charge in [-0.25, -0.2) is 0 Å². The van der Waals surface area contributed by atoms with Gasteiger partial charge >= 0.3 is 0 Å². The number of aryl methyl sites for hydroxylation is 1. The highest BCUT2D eigenvalue weighted by molar-refractivity contribution is 6.01. The highest BCUT2D eigenvalue weighted by Crippen LogP contribution is 2.23. The Kier molecular flexibility index (Phi) is 14.1. The molecule has 8 nitrogen and oxygen atoms in total. The van der Waals surface area contributed by atoms with E-state index in [1.807, 2.05) is 56.0 Å². The van der Waals surface area contributed by atoms with Gasteiger partial charge < -0.3 is 19.9 Å². The van der Waals surface area contributed by atoms with Gasteiger partial charge in [0, 0.05) is 45.8 Å². The van der Waals surface area contributed by atoms with Crippen LogP contribution in [0.25, 0.3) is 0 Å². The number of nitrogens with zero attached hydrogens (tertiary/aromatic N) is 3. The molecule has 39 heavy (non-hydrogen) atoms. The van der Waals surface area contributed by atoms with Gasteiger partial charge in [-0.3, -0.25) is 19.3 Å². The van der Waals surface area contributed by atoms with Crippen LogP contribution in [0, 0.1) is 6.92 Å². The molecule has 2 fully saturated rings. The van der Waals surface area contributed by atoms with Crippen molar-refractivity contribution >= 4 is 24.4 Å². The number of benzene rings is 2. The van der Waals surface area contributed by atoms with Gasteiger partial charge in [0.15, 0.2) is 0 Å². The van der Waals surface area contributed by atoms with E-state index >= 15 is 0 Å². The molecule has 0 bridgehead atoms. The van der Waals surface area contributed by atoms with Gasteiger partial charge in [0.1, 0.15) is 5.75 Å². The van der Waals surface area contributed by atoms with E-state index in [4.69, 9.17) is 4.74 Å². The van der Waals surface area contributed by atoms with E-state index in [1.165, 1.54) is 32.1 Å². The number of hydrogen-bond acceptors (Lipinski definition) is 5. The maximum absolute atomic E-state index is 12.6. The Balaban J connectivity index is 0.000000284. The molecule has 4 rings (SSSR count). The van der Waals surface area contributed by atoms with Crippen LogP contribution < -0.4 is 10.1 Å². The number of ether oxygens (including phenoxy) is 1. The topological polar surface area (TPSA) is 82.2 Å². The van der Waals surface area contributed by atoms with Crippen molar-refractivity contribution in [1.82, 2.24) is 14.7 Å². The van der Waals surface area contributed by atoms with Crippen molar-refractivity contribution in [3.8, 4) is 5.75 Å². The van der Waals surface area contributed by atoms with E-state index in [9.17, 15) is 14.4 Å². The molecule has 0 spiro atoms. The Bertz CT molecular complexity index is 1010. The van der Waals surface area contributed by atoms with Gasteiger partial charge in [-0.15, -0.1) is 0 Å². The summed E-state index contributed by atoms with van der Waals surface area (Å²) in [4.78, 5) is 40.0. The van der Waals surface area contributed by atoms with Gasteiger partial charge in [-0.2, -0.15) is 0 Å². The third-order valence-corrected chi connectivity index (χ3v) is 7.13. The van der Waals surface area contributed by atoms with Crippen LogP contribution in [0.1, 0.15) is 67.4 Å². The molecule has 2 aliphatic rings. The number of anilines is 1. The van der Waals surface area contributed by atoms with Crippen LogP contribution in [-0.4, -0.2) is 79.8 Å². The van der Waals surface area contributed by atoms with Crippen LogP contribution in [-0.2, 0) is 16.1 Å². The minimum Gasteiger partial charge on any atom is -0.497 e. The van der Waals surface area contributed by atoms with E-state index < -0.39 is 0 Å². The summed E-state index contributed by atoms with van der Waals surface area (Å²) in [6.07, 6.45) is 8.54. The zero-order chi connectivity index (χ0) is 28.6. The van der Waals surface area contributed by atoms with Gasteiger partial charge in [0.25, 0.3) is 5.91 Å². The van der Waals surface area contributed by atoms with Crippen LogP contribution >= 0.6 is 0 Å². The van der Waals surface area contributed by atoms with Crippen molar-refractivity contribution < 1.29 is 19.1 Å². The molecule has 1 N–H and O–H groups in total. The molecule has 1 saturated carbocycles. The second-order valence-electron chi connectivity index (χ2n) is 9.79. The molecular weight excluding hydrogens is 492 g/mol. The molecule has 2 aromatic rings. The van der Waals surface area contributed by atoms with Crippen molar-refractivity contribution in [2.24, 2.45) is 0 Å². The van der Waals surface area contributed by atoms with E-state index in [2.05, 4.69) is 10.2 Å². The zero-order valence-electron chi connectivity index (χ0n) is 24.3. The highest BCUT2D eigenvalue weighted by Gasteiger charge is 2.24. The molecule has 3 amide bonds. The Morgan fingerprint density at radius 3 is 2.21 bits per heavy atom. The van der Waals surface area contributed by atoms with Crippen LogP contribution in [0.5, 0.6) is 5.75 Å². The fourth-order valence-corrected chi connectivity index (χ4v) is 4.96. The van der Waals surface area contributed by atoms with E-state index in [1.54, 1.807) is 31.2 Å². The standard InChI is InChI=1S/C18H20N2O3.C11H20N2O.C2H6/c1-13-4-9-16(17(10-13)19-12-21)18(22)20(2)11-14-5-7-15(23-3)8-6-14;14-10-12-6-8-13(9-7-12)11-4-2-1-3-5-11;1-2/h4-10,12H,11H2,1-3H3,(H,19,21);10-11H,1-9H2;1-2H3. The Hall–Kier alpha value is -3.39. The third kappa shape index (κ3) is 10.0. The smallest absolute Gasteiger partial charge is 0.256 e. The first-order valence-corrected chi connectivity index (χ1v) is 14.1. The first-order chi connectivity index (χ1) is 18.9. The molecule has 1 saturated heterocycles. The summed E-state index contributed by atoms with van der Waals surface area (Å²) >= 11 is 0. The number of carbonyl (C=O) groups is 3. The maximum Gasteiger partial charge on any atom is 0.256 e. The summed E-state index contributed by atoms with van der Waals surface area (Å²) < 4.78 is 5.12. The average Bonchev–Trinajstić information content (AvgIpc) is 2.99. The summed E-state index contributed by atoms with van der Waals surface area (Å²) in [6, 6.07) is 13.7. The Labute approximate surface area is 234 Å². The molecule has 0 radical (unpaired) electrons. The van der Waals surface area contributed by atoms with Crippen molar-refractivity contribution in [2.45, 2.75) is 65.5 Å². The first kappa shape index (κ1) is 31.8. The predicted molar refractivity (Wildman–Crippen MR) is 157 cm³/mol. The first-order valence-electron chi connectivity index (χ1n) is 14.1. The zero-order valence-corrected chi connectivity index (χ0v) is 24.3. The molecule has 1 aliphatic heterocycles. The number of rotatable bonds is 8. The average molecular weight is 539 g/mol. The van der Waals surface area contributed by atoms with E-state index in [0.29, 0.717) is 24.2 Å². The second kappa shape index (κ2) is 17.2. The van der Waals surface area contributed by atoms with Crippen molar-refractivity contribution in [1.29, 1.82) is 0 Å². The summed E-state index contributed by atoms with van der Waals surface area (Å²) in [5.74, 6) is 0.629. The lowest BCUT2D eigenvalue weighted by Gasteiger charge is -2.39. The minimum atomic E-state index is -0.148. The largest absolute Gasteiger partial charge is 0.497 e. The van der Waals surface area contributed by atoms with Crippen molar-refractivity contribution in [3.05, 3.63) is 59.2 Å². The van der Waals surface area contributed by atoms with Crippen LogP contribution in [0.2, 0.25) is 0 Å². The third-order valence-electron chi connectivity index (χ3n) is 7.13. The Morgan fingerprint density at radius 1 is 1.00 bits per heavy atom. The lowest BCUT2D eigenvalue weighted by molar-refractivity contribution is -0.120. The SMILES string of the molecule is CC.COc1ccc(CN(C)C(=O)c2ccc(C)cc2NC=O)cc1.O=CN1CCN(C2CCCCC2)CC1. The number of hydrogen-bond donors (Lipinski definition) is 1. The normalized spacial score (nSPS) is 15.6. The molecule has 0 unspecified atom stereocenters.